The molecule has 0 atom stereocenters. The number of nitrogens with zero attached hydrogens (tertiary/aromatic N) is 1. The molecule has 2 amide bonds. The fourth-order valence-corrected chi connectivity index (χ4v) is 4.06. The Labute approximate surface area is 194 Å². The number of thioether (sulfide) groups is 1. The van der Waals surface area contributed by atoms with Gasteiger partial charge in [0.1, 0.15) is 6.61 Å². The summed E-state index contributed by atoms with van der Waals surface area (Å²) in [7, 11) is 1.51. The van der Waals surface area contributed by atoms with E-state index in [-0.39, 0.29) is 23.3 Å². The van der Waals surface area contributed by atoms with E-state index in [4.69, 9.17) is 14.6 Å². The third-order valence-corrected chi connectivity index (χ3v) is 5.76. The van der Waals surface area contributed by atoms with Gasteiger partial charge in [0.2, 0.25) is 0 Å². The molecule has 1 aliphatic rings. The number of aromatic carboxylic acids is 1. The number of carboxylic acids is 1. The molecule has 0 unspecified atom stereocenters. The Morgan fingerprint density at radius 3 is 2.39 bits per heavy atom. The van der Waals surface area contributed by atoms with Crippen LogP contribution in [0.25, 0.3) is 6.08 Å². The van der Waals surface area contributed by atoms with Gasteiger partial charge in [-0.1, -0.05) is 36.4 Å². The van der Waals surface area contributed by atoms with Crippen LogP contribution >= 0.6 is 11.8 Å². The molecule has 0 aliphatic carbocycles. The molecule has 1 saturated heterocycles. The first-order chi connectivity index (χ1) is 16.0. The molecule has 0 radical (unpaired) electrons. The number of ether oxygens (including phenoxy) is 2. The summed E-state index contributed by atoms with van der Waals surface area (Å²) in [5.74, 6) is -0.399. The molecule has 3 aromatic rings. The maximum Gasteiger partial charge on any atom is 0.335 e. The van der Waals surface area contributed by atoms with Crippen LogP contribution in [0.4, 0.5) is 10.5 Å². The van der Waals surface area contributed by atoms with Gasteiger partial charge in [-0.05, 0) is 65.4 Å². The van der Waals surface area contributed by atoms with E-state index in [1.165, 1.54) is 19.2 Å². The Morgan fingerprint density at radius 2 is 1.73 bits per heavy atom. The molecular formula is C25H19NO6S. The van der Waals surface area contributed by atoms with Crippen LogP contribution < -0.4 is 14.4 Å². The van der Waals surface area contributed by atoms with Gasteiger partial charge in [-0.2, -0.15) is 0 Å². The maximum absolute atomic E-state index is 12.8. The molecular weight excluding hydrogens is 442 g/mol. The Balaban J connectivity index is 1.49. The Hall–Kier alpha value is -4.04. The van der Waals surface area contributed by atoms with Gasteiger partial charge in [0.05, 0.1) is 23.3 Å². The Morgan fingerprint density at radius 1 is 1.00 bits per heavy atom. The molecule has 0 bridgehead atoms. The monoisotopic (exact) mass is 461 g/mol. The standard InChI is InChI=1S/C25H19NO6S/c1-31-21-13-17(9-12-20(21)32-15-16-7-10-18(11-8-16)24(28)29)14-22-23(27)26(25(30)33-22)19-5-3-2-4-6-19/h2-14H,15H2,1H3,(H,28,29)/b22-14+. The number of rotatable bonds is 7. The molecule has 0 spiro atoms. The lowest BCUT2D eigenvalue weighted by molar-refractivity contribution is -0.113. The van der Waals surface area contributed by atoms with Gasteiger partial charge >= 0.3 is 5.97 Å². The summed E-state index contributed by atoms with van der Waals surface area (Å²) in [6.07, 6.45) is 1.64. The summed E-state index contributed by atoms with van der Waals surface area (Å²) in [5, 5.41) is 8.64. The first-order valence-electron chi connectivity index (χ1n) is 9.92. The van der Waals surface area contributed by atoms with Crippen molar-refractivity contribution in [3.63, 3.8) is 0 Å². The van der Waals surface area contributed by atoms with Crippen LogP contribution in [-0.2, 0) is 11.4 Å². The number of methoxy groups -OCH3 is 1. The number of anilines is 1. The summed E-state index contributed by atoms with van der Waals surface area (Å²) < 4.78 is 11.3. The summed E-state index contributed by atoms with van der Waals surface area (Å²) in [4.78, 5) is 37.6. The van der Waals surface area contributed by atoms with Crippen LogP contribution in [0.1, 0.15) is 21.5 Å². The summed E-state index contributed by atoms with van der Waals surface area (Å²) >= 11 is 0.884. The van der Waals surface area contributed by atoms with Crippen molar-refractivity contribution in [3.8, 4) is 11.5 Å². The largest absolute Gasteiger partial charge is 0.493 e. The van der Waals surface area contributed by atoms with E-state index in [0.29, 0.717) is 27.7 Å². The van der Waals surface area contributed by atoms with Crippen LogP contribution in [0, 0.1) is 0 Å². The number of amides is 2. The molecule has 7 nitrogen and oxygen atoms in total. The normalized spacial score (nSPS) is 14.6. The maximum atomic E-state index is 12.8. The van der Waals surface area contributed by atoms with Gasteiger partial charge in [0.15, 0.2) is 11.5 Å². The van der Waals surface area contributed by atoms with E-state index in [2.05, 4.69) is 0 Å². The Kier molecular flexibility index (Phi) is 6.46. The van der Waals surface area contributed by atoms with E-state index in [1.807, 2.05) is 6.07 Å². The molecule has 0 saturated carbocycles. The highest BCUT2D eigenvalue weighted by atomic mass is 32.2. The lowest BCUT2D eigenvalue weighted by Crippen LogP contribution is -2.27. The van der Waals surface area contributed by atoms with Gasteiger partial charge in [-0.3, -0.25) is 9.59 Å². The van der Waals surface area contributed by atoms with E-state index in [1.54, 1.807) is 60.7 Å². The fraction of sp³-hybridized carbons (Fsp3) is 0.0800. The van der Waals surface area contributed by atoms with Crippen LogP contribution in [0.15, 0.2) is 77.7 Å². The Bertz CT molecular complexity index is 1240. The van der Waals surface area contributed by atoms with Crippen molar-refractivity contribution in [1.29, 1.82) is 0 Å². The molecule has 1 aliphatic heterocycles. The highest BCUT2D eigenvalue weighted by molar-refractivity contribution is 8.19. The zero-order valence-electron chi connectivity index (χ0n) is 17.6. The van der Waals surface area contributed by atoms with Gasteiger partial charge in [-0.15, -0.1) is 0 Å². The van der Waals surface area contributed by atoms with E-state index >= 15 is 0 Å². The minimum absolute atomic E-state index is 0.206. The third-order valence-electron chi connectivity index (χ3n) is 4.89. The smallest absolute Gasteiger partial charge is 0.335 e. The van der Waals surface area contributed by atoms with Gasteiger partial charge in [0, 0.05) is 0 Å². The zero-order chi connectivity index (χ0) is 23.4. The minimum Gasteiger partial charge on any atom is -0.493 e. The second-order valence-corrected chi connectivity index (χ2v) is 8.05. The number of benzene rings is 3. The summed E-state index contributed by atoms with van der Waals surface area (Å²) in [5.41, 5.74) is 2.22. The number of carbonyl (C=O) groups is 3. The minimum atomic E-state index is -0.985. The van der Waals surface area contributed by atoms with E-state index < -0.39 is 5.97 Å². The topological polar surface area (TPSA) is 93.1 Å². The predicted molar refractivity (Wildman–Crippen MR) is 126 cm³/mol. The van der Waals surface area contributed by atoms with Crippen LogP contribution in [0.3, 0.4) is 0 Å². The van der Waals surface area contributed by atoms with Crippen molar-refractivity contribution in [2.45, 2.75) is 6.61 Å². The van der Waals surface area contributed by atoms with Gasteiger partial charge < -0.3 is 14.6 Å². The molecule has 1 heterocycles. The van der Waals surface area contributed by atoms with Gasteiger partial charge in [-0.25, -0.2) is 9.69 Å². The number of hydrogen-bond donors (Lipinski definition) is 1. The van der Waals surface area contributed by atoms with Crippen LogP contribution in [0.5, 0.6) is 11.5 Å². The zero-order valence-corrected chi connectivity index (χ0v) is 18.4. The molecule has 33 heavy (non-hydrogen) atoms. The van der Waals surface area contributed by atoms with Crippen molar-refractivity contribution in [3.05, 3.63) is 94.4 Å². The highest BCUT2D eigenvalue weighted by Gasteiger charge is 2.36. The van der Waals surface area contributed by atoms with Gasteiger partial charge in [0.25, 0.3) is 11.1 Å². The number of imide groups is 1. The van der Waals surface area contributed by atoms with E-state index in [0.717, 1.165) is 22.2 Å². The van der Waals surface area contributed by atoms with Crippen molar-refractivity contribution < 1.29 is 29.0 Å². The first-order valence-corrected chi connectivity index (χ1v) is 10.7. The lowest BCUT2D eigenvalue weighted by Gasteiger charge is -2.12. The molecule has 3 aromatic carbocycles. The van der Waals surface area contributed by atoms with Crippen molar-refractivity contribution >= 4 is 40.6 Å². The lowest BCUT2D eigenvalue weighted by atomic mass is 10.1. The van der Waals surface area contributed by atoms with E-state index in [9.17, 15) is 14.4 Å². The average molecular weight is 461 g/mol. The number of carbonyl (C=O) groups excluding carboxylic acids is 2. The molecule has 1 fully saturated rings. The number of para-hydroxylation sites is 1. The fourth-order valence-electron chi connectivity index (χ4n) is 3.22. The molecule has 0 aromatic heterocycles. The molecule has 166 valence electrons. The van der Waals surface area contributed by atoms with Crippen molar-refractivity contribution in [2.24, 2.45) is 0 Å². The molecule has 4 rings (SSSR count). The second-order valence-electron chi connectivity index (χ2n) is 7.05. The summed E-state index contributed by atoms with van der Waals surface area (Å²) in [6.45, 7) is 0.228. The number of carboxylic acid groups (broad SMARTS) is 1. The van der Waals surface area contributed by atoms with Crippen molar-refractivity contribution in [1.82, 2.24) is 0 Å². The quantitative estimate of drug-likeness (QED) is 0.483. The van der Waals surface area contributed by atoms with Crippen LogP contribution in [0.2, 0.25) is 0 Å². The van der Waals surface area contributed by atoms with Crippen LogP contribution in [-0.4, -0.2) is 29.3 Å². The second kappa shape index (κ2) is 9.62. The average Bonchev–Trinajstić information content (AvgIpc) is 3.11. The molecule has 8 heteroatoms. The summed E-state index contributed by atoms with van der Waals surface area (Å²) in [6, 6.07) is 20.4. The first kappa shape index (κ1) is 22.2. The SMILES string of the molecule is COc1cc(/C=C2/SC(=O)N(c3ccccc3)C2=O)ccc1OCc1ccc(C(=O)O)cc1. The third kappa shape index (κ3) is 4.91. The predicted octanol–water partition coefficient (Wildman–Crippen LogP) is 5.21. The van der Waals surface area contributed by atoms with Crippen molar-refractivity contribution in [2.75, 3.05) is 12.0 Å². The number of hydrogen-bond acceptors (Lipinski definition) is 6. The highest BCUT2D eigenvalue weighted by Crippen LogP contribution is 2.37. The molecule has 1 N–H and O–H groups in total.